The van der Waals surface area contributed by atoms with Crippen LogP contribution >= 0.6 is 15.9 Å². The fourth-order valence-corrected chi connectivity index (χ4v) is 1.10. The fraction of sp³-hybridized carbons (Fsp3) is 0.200. The van der Waals surface area contributed by atoms with E-state index in [0.29, 0.717) is 17.7 Å². The van der Waals surface area contributed by atoms with Crippen LogP contribution in [0, 0.1) is 0 Å². The molecule has 0 saturated carbocycles. The molecule has 0 aliphatic carbocycles. The number of carbonyl (C=O) groups excluding carboxylic acids is 2. The maximum absolute atomic E-state index is 11.0. The highest BCUT2D eigenvalue weighted by Gasteiger charge is 1.99. The van der Waals surface area contributed by atoms with E-state index in [2.05, 4.69) is 21.2 Å². The van der Waals surface area contributed by atoms with Crippen LogP contribution in [0.5, 0.6) is 5.75 Å². The Balaban J connectivity index is 2.55. The van der Waals surface area contributed by atoms with Crippen LogP contribution in [-0.2, 0) is 9.59 Å². The van der Waals surface area contributed by atoms with E-state index in [-0.39, 0.29) is 17.8 Å². The van der Waals surface area contributed by atoms with Gasteiger partial charge in [0.25, 0.3) is 0 Å². The summed E-state index contributed by atoms with van der Waals surface area (Å²) in [5.74, 6) is 0.482. The third kappa shape index (κ3) is 4.12. The standard InChI is InChI=1S/C10H10BrNO3/c11-7-10(14)12-8-1-3-9(4-2-8)15-6-5-13/h1-5H,6-7H2,(H,12,14). The average molecular weight is 272 g/mol. The number of aldehydes is 1. The summed E-state index contributed by atoms with van der Waals surface area (Å²) in [6.45, 7) is 0.0348. The molecule has 1 N–H and O–H groups in total. The zero-order valence-electron chi connectivity index (χ0n) is 7.90. The van der Waals surface area contributed by atoms with E-state index < -0.39 is 0 Å². The van der Waals surface area contributed by atoms with E-state index in [0.717, 1.165) is 0 Å². The van der Waals surface area contributed by atoms with Crippen molar-refractivity contribution in [1.29, 1.82) is 0 Å². The van der Waals surface area contributed by atoms with Gasteiger partial charge >= 0.3 is 0 Å². The molecule has 1 rings (SSSR count). The molecule has 0 radical (unpaired) electrons. The van der Waals surface area contributed by atoms with Crippen molar-refractivity contribution in [2.45, 2.75) is 0 Å². The number of amides is 1. The molecule has 80 valence electrons. The van der Waals surface area contributed by atoms with Gasteiger partial charge in [-0.15, -0.1) is 0 Å². The molecule has 0 spiro atoms. The molecule has 1 amide bonds. The molecule has 0 aliphatic rings. The van der Waals surface area contributed by atoms with E-state index in [1.54, 1.807) is 24.3 Å². The normalized spacial score (nSPS) is 9.40. The van der Waals surface area contributed by atoms with Crippen molar-refractivity contribution in [3.8, 4) is 5.75 Å². The van der Waals surface area contributed by atoms with Crippen molar-refractivity contribution >= 4 is 33.8 Å². The SMILES string of the molecule is O=CCOc1ccc(NC(=O)CBr)cc1. The number of benzene rings is 1. The van der Waals surface area contributed by atoms with Gasteiger partial charge in [0.1, 0.15) is 12.4 Å². The molecule has 0 heterocycles. The van der Waals surface area contributed by atoms with E-state index in [4.69, 9.17) is 4.74 Å². The van der Waals surface area contributed by atoms with Gasteiger partial charge in [0.2, 0.25) is 5.91 Å². The molecule has 0 bridgehead atoms. The number of alkyl halides is 1. The number of hydrogen-bond acceptors (Lipinski definition) is 3. The second-order valence-corrected chi connectivity index (χ2v) is 3.24. The number of carbonyl (C=O) groups is 2. The van der Waals surface area contributed by atoms with Crippen LogP contribution in [0.1, 0.15) is 0 Å². The first kappa shape index (κ1) is 11.7. The minimum absolute atomic E-state index is 0.0348. The highest BCUT2D eigenvalue weighted by Crippen LogP contribution is 2.15. The minimum atomic E-state index is -0.114. The second kappa shape index (κ2) is 6.19. The Bertz CT molecular complexity index is 337. The van der Waals surface area contributed by atoms with Gasteiger partial charge in [-0.05, 0) is 24.3 Å². The highest BCUT2D eigenvalue weighted by atomic mass is 79.9. The smallest absolute Gasteiger partial charge is 0.235 e. The van der Waals surface area contributed by atoms with Gasteiger partial charge in [0.05, 0.1) is 5.33 Å². The van der Waals surface area contributed by atoms with E-state index in [1.807, 2.05) is 0 Å². The van der Waals surface area contributed by atoms with Crippen LogP contribution in [0.3, 0.4) is 0 Å². The van der Waals surface area contributed by atoms with Gasteiger partial charge in [-0.25, -0.2) is 0 Å². The topological polar surface area (TPSA) is 55.4 Å². The van der Waals surface area contributed by atoms with Crippen LogP contribution in [0.15, 0.2) is 24.3 Å². The monoisotopic (exact) mass is 271 g/mol. The van der Waals surface area contributed by atoms with Crippen molar-refractivity contribution in [3.05, 3.63) is 24.3 Å². The lowest BCUT2D eigenvalue weighted by Gasteiger charge is -2.05. The predicted octanol–water partition coefficient (Wildman–Crippen LogP) is 1.60. The summed E-state index contributed by atoms with van der Waals surface area (Å²) in [5, 5.41) is 2.92. The molecular weight excluding hydrogens is 262 g/mol. The van der Waals surface area contributed by atoms with E-state index in [9.17, 15) is 9.59 Å². The highest BCUT2D eigenvalue weighted by molar-refractivity contribution is 9.09. The fourth-order valence-electron chi connectivity index (χ4n) is 0.959. The van der Waals surface area contributed by atoms with Crippen LogP contribution < -0.4 is 10.1 Å². The summed E-state index contributed by atoms with van der Waals surface area (Å²) < 4.78 is 5.05. The van der Waals surface area contributed by atoms with Crippen molar-refractivity contribution in [3.63, 3.8) is 0 Å². The predicted molar refractivity (Wildman–Crippen MR) is 60.4 cm³/mol. The maximum Gasteiger partial charge on any atom is 0.235 e. The minimum Gasteiger partial charge on any atom is -0.486 e. The number of nitrogens with one attached hydrogen (secondary N) is 1. The number of rotatable bonds is 5. The van der Waals surface area contributed by atoms with Gasteiger partial charge in [-0.3, -0.25) is 9.59 Å². The molecule has 1 aromatic carbocycles. The van der Waals surface area contributed by atoms with Crippen LogP contribution in [0.2, 0.25) is 0 Å². The Morgan fingerprint density at radius 1 is 1.40 bits per heavy atom. The molecule has 0 atom stereocenters. The molecule has 5 heteroatoms. The van der Waals surface area contributed by atoms with Crippen LogP contribution in [0.25, 0.3) is 0 Å². The molecule has 0 aromatic heterocycles. The molecule has 4 nitrogen and oxygen atoms in total. The zero-order chi connectivity index (χ0) is 11.1. The zero-order valence-corrected chi connectivity index (χ0v) is 9.49. The average Bonchev–Trinajstić information content (AvgIpc) is 2.28. The van der Waals surface area contributed by atoms with Crippen LogP contribution in [0.4, 0.5) is 5.69 Å². The Labute approximate surface area is 95.7 Å². The van der Waals surface area contributed by atoms with Crippen LogP contribution in [-0.4, -0.2) is 24.1 Å². The Kier molecular flexibility index (Phi) is 4.83. The first-order valence-electron chi connectivity index (χ1n) is 4.28. The molecule has 15 heavy (non-hydrogen) atoms. The lowest BCUT2D eigenvalue weighted by molar-refractivity contribution is -0.113. The summed E-state index contributed by atoms with van der Waals surface area (Å²) in [4.78, 5) is 21.0. The lowest BCUT2D eigenvalue weighted by Crippen LogP contribution is -2.12. The maximum atomic E-state index is 11.0. The van der Waals surface area contributed by atoms with E-state index >= 15 is 0 Å². The number of halogens is 1. The summed E-state index contributed by atoms with van der Waals surface area (Å²) in [5.41, 5.74) is 0.693. The molecule has 0 saturated heterocycles. The Hall–Kier alpha value is -1.36. The lowest BCUT2D eigenvalue weighted by atomic mass is 10.3. The van der Waals surface area contributed by atoms with Crippen molar-refractivity contribution in [2.75, 3.05) is 17.3 Å². The summed E-state index contributed by atoms with van der Waals surface area (Å²) in [6.07, 6.45) is 0.681. The van der Waals surface area contributed by atoms with Crippen molar-refractivity contribution in [2.24, 2.45) is 0 Å². The number of anilines is 1. The first-order chi connectivity index (χ1) is 7.26. The third-order valence-corrected chi connectivity index (χ3v) is 2.09. The Morgan fingerprint density at radius 3 is 2.60 bits per heavy atom. The second-order valence-electron chi connectivity index (χ2n) is 2.68. The van der Waals surface area contributed by atoms with Gasteiger partial charge in [0.15, 0.2) is 6.29 Å². The quantitative estimate of drug-likeness (QED) is 0.654. The molecule has 0 fully saturated rings. The summed E-state index contributed by atoms with van der Waals surface area (Å²) in [7, 11) is 0. The van der Waals surface area contributed by atoms with Gasteiger partial charge < -0.3 is 10.1 Å². The summed E-state index contributed by atoms with van der Waals surface area (Å²) >= 11 is 3.05. The molecular formula is C10H10BrNO3. The summed E-state index contributed by atoms with van der Waals surface area (Å²) in [6, 6.07) is 6.79. The van der Waals surface area contributed by atoms with Crippen molar-refractivity contribution in [1.82, 2.24) is 0 Å². The largest absolute Gasteiger partial charge is 0.486 e. The third-order valence-electron chi connectivity index (χ3n) is 1.58. The number of ether oxygens (including phenoxy) is 1. The molecule has 0 aliphatic heterocycles. The van der Waals surface area contributed by atoms with Crippen molar-refractivity contribution < 1.29 is 14.3 Å². The van der Waals surface area contributed by atoms with Gasteiger partial charge in [0, 0.05) is 5.69 Å². The Morgan fingerprint density at radius 2 is 2.07 bits per heavy atom. The molecule has 1 aromatic rings. The number of hydrogen-bond donors (Lipinski definition) is 1. The first-order valence-corrected chi connectivity index (χ1v) is 5.40. The van der Waals surface area contributed by atoms with E-state index in [1.165, 1.54) is 0 Å². The van der Waals surface area contributed by atoms with Gasteiger partial charge in [-0.2, -0.15) is 0 Å². The van der Waals surface area contributed by atoms with Gasteiger partial charge in [-0.1, -0.05) is 15.9 Å². The molecule has 0 unspecified atom stereocenters.